The van der Waals surface area contributed by atoms with Crippen molar-refractivity contribution in [3.8, 4) is 11.1 Å². The second kappa shape index (κ2) is 8.67. The van der Waals surface area contributed by atoms with E-state index < -0.39 is 0 Å². The summed E-state index contributed by atoms with van der Waals surface area (Å²) >= 11 is 0. The molecule has 6 nitrogen and oxygen atoms in total. The normalized spacial score (nSPS) is 14.9. The van der Waals surface area contributed by atoms with Crippen LogP contribution in [0, 0.1) is 0 Å². The number of H-pyrrole nitrogens is 1. The van der Waals surface area contributed by atoms with E-state index in [1.807, 2.05) is 65.6 Å². The average Bonchev–Trinajstić information content (AvgIpc) is 3.46. The van der Waals surface area contributed by atoms with Crippen LogP contribution < -0.4 is 0 Å². The molecule has 3 aromatic carbocycles. The van der Waals surface area contributed by atoms with Crippen LogP contribution in [0.1, 0.15) is 28.2 Å². The number of rotatable bonds is 5. The van der Waals surface area contributed by atoms with Gasteiger partial charge in [0.15, 0.2) is 0 Å². The van der Waals surface area contributed by atoms with Crippen LogP contribution in [0.2, 0.25) is 0 Å². The van der Waals surface area contributed by atoms with E-state index >= 15 is 0 Å². The van der Waals surface area contributed by atoms with Crippen molar-refractivity contribution in [2.24, 2.45) is 5.16 Å². The van der Waals surface area contributed by atoms with Crippen molar-refractivity contribution >= 4 is 22.7 Å². The lowest BCUT2D eigenvalue weighted by atomic mass is 9.95. The van der Waals surface area contributed by atoms with E-state index in [0.29, 0.717) is 25.1 Å². The topological polar surface area (TPSA) is 70.6 Å². The van der Waals surface area contributed by atoms with Gasteiger partial charge in [-0.1, -0.05) is 53.7 Å². The van der Waals surface area contributed by atoms with Crippen molar-refractivity contribution in [3.63, 3.8) is 0 Å². The average molecular weight is 425 g/mol. The van der Waals surface area contributed by atoms with Crippen LogP contribution in [0.5, 0.6) is 0 Å². The summed E-state index contributed by atoms with van der Waals surface area (Å²) in [5.41, 5.74) is 6.81. The summed E-state index contributed by atoms with van der Waals surface area (Å²) in [6.45, 7) is 1.16. The summed E-state index contributed by atoms with van der Waals surface area (Å²) in [4.78, 5) is 28.0. The molecule has 1 aliphatic heterocycles. The Hall–Kier alpha value is -3.93. The number of aromatic amines is 1. The van der Waals surface area contributed by atoms with Gasteiger partial charge in [0.1, 0.15) is 12.9 Å². The largest absolute Gasteiger partial charge is 0.399 e. The lowest BCUT2D eigenvalue weighted by Gasteiger charge is -2.17. The van der Waals surface area contributed by atoms with Crippen molar-refractivity contribution in [2.45, 2.75) is 12.8 Å². The maximum Gasteiger partial charge on any atom is 0.254 e. The first-order valence-corrected chi connectivity index (χ1v) is 10.7. The lowest BCUT2D eigenvalue weighted by molar-refractivity contribution is 0.0798. The van der Waals surface area contributed by atoms with Gasteiger partial charge in [-0.15, -0.1) is 0 Å². The minimum absolute atomic E-state index is 0.0109. The molecule has 1 N–H and O–H groups in total. The molecule has 1 aliphatic rings. The summed E-state index contributed by atoms with van der Waals surface area (Å²) in [6.07, 6.45) is 1.35. The van der Waals surface area contributed by atoms with Crippen LogP contribution in [-0.4, -0.2) is 46.7 Å². The second-order valence-corrected chi connectivity index (χ2v) is 7.93. The van der Waals surface area contributed by atoms with E-state index in [4.69, 9.17) is 9.82 Å². The van der Waals surface area contributed by atoms with E-state index in [9.17, 15) is 4.79 Å². The van der Waals surface area contributed by atoms with Crippen LogP contribution in [0.15, 0.2) is 78.0 Å². The zero-order valence-corrected chi connectivity index (χ0v) is 17.9. The van der Waals surface area contributed by atoms with Gasteiger partial charge in [0, 0.05) is 24.9 Å². The predicted molar refractivity (Wildman–Crippen MR) is 126 cm³/mol. The molecule has 0 unspecified atom stereocenters. The van der Waals surface area contributed by atoms with Crippen molar-refractivity contribution < 1.29 is 9.63 Å². The van der Waals surface area contributed by atoms with Crippen LogP contribution in [0.4, 0.5) is 0 Å². The van der Waals surface area contributed by atoms with Gasteiger partial charge in [-0.2, -0.15) is 0 Å². The standard InChI is InChI=1S/C26H24N4O2/c1-32-29-21-13-14-30(17-21)26(31)19-11-12-22(18-7-3-2-4-8-18)20(15-19)16-25-27-23-9-5-6-10-24(23)28-25/h2-12,15H,13-14,16-17H2,1H3,(H,27,28)/b29-21-. The summed E-state index contributed by atoms with van der Waals surface area (Å²) < 4.78 is 0. The number of carbonyl (C=O) groups excluding carboxylic acids is 1. The molecule has 1 saturated heterocycles. The van der Waals surface area contributed by atoms with Crippen LogP contribution in [0.25, 0.3) is 22.2 Å². The number of hydrogen-bond donors (Lipinski definition) is 1. The van der Waals surface area contributed by atoms with Crippen LogP contribution >= 0.6 is 0 Å². The van der Waals surface area contributed by atoms with Crippen molar-refractivity contribution in [1.29, 1.82) is 0 Å². The molecule has 32 heavy (non-hydrogen) atoms. The van der Waals surface area contributed by atoms with E-state index in [-0.39, 0.29) is 5.91 Å². The third-order valence-electron chi connectivity index (χ3n) is 5.78. The molecule has 0 atom stereocenters. The minimum Gasteiger partial charge on any atom is -0.399 e. The van der Waals surface area contributed by atoms with E-state index in [2.05, 4.69) is 22.3 Å². The Labute approximate surface area is 186 Å². The fourth-order valence-electron chi connectivity index (χ4n) is 4.24. The molecule has 4 aromatic rings. The molecule has 1 fully saturated rings. The quantitative estimate of drug-likeness (QED) is 0.473. The van der Waals surface area contributed by atoms with Gasteiger partial charge < -0.3 is 14.7 Å². The highest BCUT2D eigenvalue weighted by Gasteiger charge is 2.25. The third-order valence-corrected chi connectivity index (χ3v) is 5.78. The van der Waals surface area contributed by atoms with Crippen molar-refractivity contribution in [2.75, 3.05) is 20.2 Å². The van der Waals surface area contributed by atoms with Crippen molar-refractivity contribution in [3.05, 3.63) is 89.7 Å². The first-order valence-electron chi connectivity index (χ1n) is 10.7. The van der Waals surface area contributed by atoms with Crippen LogP contribution in [-0.2, 0) is 11.3 Å². The summed E-state index contributed by atoms with van der Waals surface area (Å²) in [7, 11) is 1.53. The number of benzene rings is 3. The van der Waals surface area contributed by atoms with Crippen molar-refractivity contribution in [1.82, 2.24) is 14.9 Å². The molecular formula is C26H24N4O2. The molecular weight excluding hydrogens is 400 g/mol. The van der Waals surface area contributed by atoms with E-state index in [1.54, 1.807) is 0 Å². The minimum atomic E-state index is 0.0109. The number of hydrogen-bond acceptors (Lipinski definition) is 4. The SMILES string of the molecule is CO/N=C1/CCN(C(=O)c2ccc(-c3ccccc3)c(Cc3nc4ccccc4[nH]3)c2)C1. The molecule has 1 amide bonds. The Balaban J connectivity index is 1.50. The number of carbonyl (C=O) groups is 1. The molecule has 0 aliphatic carbocycles. The number of nitrogens with one attached hydrogen (secondary N) is 1. The first-order chi connectivity index (χ1) is 15.7. The molecule has 0 radical (unpaired) electrons. The van der Waals surface area contributed by atoms with Gasteiger partial charge in [-0.05, 0) is 41.0 Å². The summed E-state index contributed by atoms with van der Waals surface area (Å²) in [5, 5.41) is 4.01. The lowest BCUT2D eigenvalue weighted by Crippen LogP contribution is -2.28. The van der Waals surface area contributed by atoms with Gasteiger partial charge in [-0.3, -0.25) is 4.79 Å². The first kappa shape index (κ1) is 20.0. The zero-order valence-electron chi connectivity index (χ0n) is 17.9. The fraction of sp³-hybridized carbons (Fsp3) is 0.192. The summed E-state index contributed by atoms with van der Waals surface area (Å²) in [5.74, 6) is 0.889. The molecule has 6 heteroatoms. The van der Waals surface area contributed by atoms with E-state index in [1.165, 1.54) is 7.11 Å². The molecule has 2 heterocycles. The van der Waals surface area contributed by atoms with E-state index in [0.717, 1.165) is 45.7 Å². The fourth-order valence-corrected chi connectivity index (χ4v) is 4.24. The number of amides is 1. The molecule has 0 saturated carbocycles. The van der Waals surface area contributed by atoms with Gasteiger partial charge in [0.05, 0.1) is 23.3 Å². The summed E-state index contributed by atoms with van der Waals surface area (Å²) in [6, 6.07) is 24.2. The highest BCUT2D eigenvalue weighted by Crippen LogP contribution is 2.28. The monoisotopic (exact) mass is 424 g/mol. The number of nitrogens with zero attached hydrogens (tertiary/aromatic N) is 3. The Morgan fingerprint density at radius 1 is 1.09 bits per heavy atom. The maximum atomic E-state index is 13.2. The molecule has 1 aromatic heterocycles. The smallest absolute Gasteiger partial charge is 0.254 e. The Morgan fingerprint density at radius 2 is 1.91 bits per heavy atom. The Bertz CT molecular complexity index is 1260. The van der Waals surface area contributed by atoms with Gasteiger partial charge in [0.2, 0.25) is 0 Å². The highest BCUT2D eigenvalue weighted by molar-refractivity contribution is 6.00. The number of imidazole rings is 1. The predicted octanol–water partition coefficient (Wildman–Crippen LogP) is 4.67. The number of para-hydroxylation sites is 2. The zero-order chi connectivity index (χ0) is 21.9. The van der Waals surface area contributed by atoms with Gasteiger partial charge in [0.25, 0.3) is 5.91 Å². The number of fused-ring (bicyclic) bond motifs is 1. The molecule has 5 rings (SSSR count). The number of oxime groups is 1. The van der Waals surface area contributed by atoms with Crippen LogP contribution in [0.3, 0.4) is 0 Å². The molecule has 160 valence electrons. The molecule has 0 spiro atoms. The number of likely N-dealkylation sites (tertiary alicyclic amines) is 1. The van der Waals surface area contributed by atoms with Gasteiger partial charge in [-0.25, -0.2) is 4.98 Å². The highest BCUT2D eigenvalue weighted by atomic mass is 16.6. The maximum absolute atomic E-state index is 13.2. The molecule has 0 bridgehead atoms. The number of aromatic nitrogens is 2. The second-order valence-electron chi connectivity index (χ2n) is 7.93. The Morgan fingerprint density at radius 3 is 2.72 bits per heavy atom. The van der Waals surface area contributed by atoms with Gasteiger partial charge >= 0.3 is 0 Å². The third kappa shape index (κ3) is 3.99. The Kier molecular flexibility index (Phi) is 5.42.